The minimum Gasteiger partial charge on any atom is -0.377 e. The van der Waals surface area contributed by atoms with E-state index in [4.69, 9.17) is 4.74 Å². The maximum absolute atomic E-state index is 5.70. The highest BCUT2D eigenvalue weighted by Gasteiger charge is 2.19. The van der Waals surface area contributed by atoms with Crippen LogP contribution in [0.5, 0.6) is 0 Å². The van der Waals surface area contributed by atoms with E-state index in [1.165, 1.54) is 44.1 Å². The molecular formula is C18H27NO. The van der Waals surface area contributed by atoms with Crippen molar-refractivity contribution in [3.8, 4) is 0 Å². The summed E-state index contributed by atoms with van der Waals surface area (Å²) in [7, 11) is 0. The summed E-state index contributed by atoms with van der Waals surface area (Å²) in [4.78, 5) is 0. The summed E-state index contributed by atoms with van der Waals surface area (Å²) in [6.45, 7) is 4.24. The highest BCUT2D eigenvalue weighted by atomic mass is 16.5. The Kier molecular flexibility index (Phi) is 4.74. The van der Waals surface area contributed by atoms with Gasteiger partial charge in [-0.3, -0.25) is 0 Å². The molecule has 0 aromatic heterocycles. The van der Waals surface area contributed by atoms with Crippen molar-refractivity contribution in [3.63, 3.8) is 0 Å². The van der Waals surface area contributed by atoms with Crippen LogP contribution >= 0.6 is 0 Å². The van der Waals surface area contributed by atoms with Gasteiger partial charge in [0.25, 0.3) is 0 Å². The van der Waals surface area contributed by atoms with Gasteiger partial charge in [0.15, 0.2) is 0 Å². The third kappa shape index (κ3) is 3.42. The van der Waals surface area contributed by atoms with E-state index in [0.717, 1.165) is 19.6 Å². The molecule has 2 nitrogen and oxygen atoms in total. The molecule has 0 spiro atoms. The molecule has 2 atom stereocenters. The predicted molar refractivity (Wildman–Crippen MR) is 83.2 cm³/mol. The molecule has 2 aliphatic rings. The Labute approximate surface area is 122 Å². The Balaban J connectivity index is 1.55. The lowest BCUT2D eigenvalue weighted by Gasteiger charge is -2.18. The van der Waals surface area contributed by atoms with Gasteiger partial charge in [-0.2, -0.15) is 0 Å². The molecule has 1 aromatic rings. The molecule has 0 saturated carbocycles. The summed E-state index contributed by atoms with van der Waals surface area (Å²) in [5.74, 6) is 0. The number of hydrogen-bond acceptors (Lipinski definition) is 2. The minimum absolute atomic E-state index is 0.465. The molecule has 1 aliphatic heterocycles. The van der Waals surface area contributed by atoms with Gasteiger partial charge in [0.05, 0.1) is 6.10 Å². The van der Waals surface area contributed by atoms with Gasteiger partial charge in [-0.15, -0.1) is 0 Å². The number of ether oxygens (including phenoxy) is 1. The van der Waals surface area contributed by atoms with Crippen molar-refractivity contribution in [1.82, 2.24) is 5.32 Å². The lowest BCUT2D eigenvalue weighted by molar-refractivity contribution is 0.107. The molecule has 2 heteroatoms. The zero-order chi connectivity index (χ0) is 13.8. The van der Waals surface area contributed by atoms with Crippen molar-refractivity contribution in [3.05, 3.63) is 34.9 Å². The highest BCUT2D eigenvalue weighted by molar-refractivity contribution is 5.33. The van der Waals surface area contributed by atoms with Crippen LogP contribution in [0.25, 0.3) is 0 Å². The Morgan fingerprint density at radius 2 is 2.00 bits per heavy atom. The Bertz CT molecular complexity index is 437. The van der Waals surface area contributed by atoms with E-state index in [1.54, 1.807) is 11.1 Å². The number of nitrogens with one attached hydrogen (secondary N) is 1. The van der Waals surface area contributed by atoms with Crippen molar-refractivity contribution in [1.29, 1.82) is 0 Å². The highest BCUT2D eigenvalue weighted by Crippen LogP contribution is 2.23. The second-order valence-electron chi connectivity index (χ2n) is 6.27. The lowest BCUT2D eigenvalue weighted by Crippen LogP contribution is -2.35. The second kappa shape index (κ2) is 6.73. The molecule has 0 amide bonds. The smallest absolute Gasteiger partial charge is 0.0700 e. The van der Waals surface area contributed by atoms with Gasteiger partial charge in [-0.25, -0.2) is 0 Å². The number of benzene rings is 1. The average Bonchev–Trinajstić information content (AvgIpc) is 2.92. The van der Waals surface area contributed by atoms with Crippen LogP contribution in [-0.4, -0.2) is 25.3 Å². The molecule has 110 valence electrons. The summed E-state index contributed by atoms with van der Waals surface area (Å²) < 4.78 is 5.70. The standard InChI is InChI=1S/C18H27NO/c1-2-14-5-6-15-7-9-17(10-8-16(15)12-14)19-13-18-4-3-11-20-18/h5-6,12,17-19H,2-4,7-11,13H2,1H3. The van der Waals surface area contributed by atoms with Crippen molar-refractivity contribution in [2.45, 2.75) is 64.0 Å². The zero-order valence-corrected chi connectivity index (χ0v) is 12.7. The molecule has 1 heterocycles. The molecule has 20 heavy (non-hydrogen) atoms. The van der Waals surface area contributed by atoms with E-state index in [0.29, 0.717) is 12.1 Å². The van der Waals surface area contributed by atoms with Gasteiger partial charge in [-0.05, 0) is 61.6 Å². The molecule has 1 saturated heterocycles. The van der Waals surface area contributed by atoms with Crippen LogP contribution in [-0.2, 0) is 24.0 Å². The summed E-state index contributed by atoms with van der Waals surface area (Å²) in [6.07, 6.45) is 9.08. The molecular weight excluding hydrogens is 246 g/mol. The quantitative estimate of drug-likeness (QED) is 0.850. The molecule has 1 aromatic carbocycles. The van der Waals surface area contributed by atoms with Crippen LogP contribution in [0.2, 0.25) is 0 Å². The van der Waals surface area contributed by atoms with Crippen molar-refractivity contribution in [2.24, 2.45) is 0 Å². The van der Waals surface area contributed by atoms with Gasteiger partial charge in [0.1, 0.15) is 0 Å². The van der Waals surface area contributed by atoms with Crippen molar-refractivity contribution < 1.29 is 4.74 Å². The Hall–Kier alpha value is -0.860. The largest absolute Gasteiger partial charge is 0.377 e. The van der Waals surface area contributed by atoms with E-state index in [-0.39, 0.29) is 0 Å². The topological polar surface area (TPSA) is 21.3 Å². The number of fused-ring (bicyclic) bond motifs is 1. The van der Waals surface area contributed by atoms with E-state index in [9.17, 15) is 0 Å². The van der Waals surface area contributed by atoms with Gasteiger partial charge in [-0.1, -0.05) is 25.1 Å². The van der Waals surface area contributed by atoms with Crippen LogP contribution in [0.1, 0.15) is 49.3 Å². The lowest BCUT2D eigenvalue weighted by atomic mass is 9.99. The molecule has 1 N–H and O–H groups in total. The molecule has 1 fully saturated rings. The number of aryl methyl sites for hydroxylation is 3. The Morgan fingerprint density at radius 3 is 2.75 bits per heavy atom. The fourth-order valence-corrected chi connectivity index (χ4v) is 3.49. The third-order valence-corrected chi connectivity index (χ3v) is 4.86. The van der Waals surface area contributed by atoms with Crippen LogP contribution in [0, 0.1) is 0 Å². The van der Waals surface area contributed by atoms with Crippen LogP contribution in [0.4, 0.5) is 0 Å². The summed E-state index contributed by atoms with van der Waals surface area (Å²) in [5, 5.41) is 3.74. The second-order valence-corrected chi connectivity index (χ2v) is 6.27. The zero-order valence-electron chi connectivity index (χ0n) is 12.7. The van der Waals surface area contributed by atoms with E-state index in [1.807, 2.05) is 0 Å². The molecule has 0 radical (unpaired) electrons. The normalized spacial score (nSPS) is 26.2. The van der Waals surface area contributed by atoms with Crippen molar-refractivity contribution >= 4 is 0 Å². The molecule has 3 rings (SSSR count). The predicted octanol–water partition coefficient (Wildman–Crippen LogP) is 3.27. The fraction of sp³-hybridized carbons (Fsp3) is 0.667. The summed E-state index contributed by atoms with van der Waals surface area (Å²) in [5.41, 5.74) is 4.64. The SMILES string of the molecule is CCc1ccc2c(c1)CCC(NCC1CCCO1)CC2. The molecule has 1 aliphatic carbocycles. The number of hydrogen-bond donors (Lipinski definition) is 1. The van der Waals surface area contributed by atoms with Gasteiger partial charge in [0.2, 0.25) is 0 Å². The third-order valence-electron chi connectivity index (χ3n) is 4.86. The first-order chi connectivity index (χ1) is 9.85. The van der Waals surface area contributed by atoms with E-state index < -0.39 is 0 Å². The Morgan fingerprint density at radius 1 is 1.15 bits per heavy atom. The maximum atomic E-state index is 5.70. The fourth-order valence-electron chi connectivity index (χ4n) is 3.49. The van der Waals surface area contributed by atoms with Gasteiger partial charge >= 0.3 is 0 Å². The van der Waals surface area contributed by atoms with Gasteiger partial charge < -0.3 is 10.1 Å². The average molecular weight is 273 g/mol. The van der Waals surface area contributed by atoms with E-state index in [2.05, 4.69) is 30.4 Å². The molecule has 2 unspecified atom stereocenters. The van der Waals surface area contributed by atoms with Gasteiger partial charge in [0, 0.05) is 19.2 Å². The number of rotatable bonds is 4. The summed E-state index contributed by atoms with van der Waals surface area (Å²) in [6, 6.07) is 7.75. The van der Waals surface area contributed by atoms with Crippen LogP contribution in [0.3, 0.4) is 0 Å². The molecule has 0 bridgehead atoms. The van der Waals surface area contributed by atoms with E-state index >= 15 is 0 Å². The summed E-state index contributed by atoms with van der Waals surface area (Å²) >= 11 is 0. The maximum Gasteiger partial charge on any atom is 0.0700 e. The first kappa shape index (κ1) is 14.1. The minimum atomic E-state index is 0.465. The first-order valence-corrected chi connectivity index (χ1v) is 8.31. The van der Waals surface area contributed by atoms with Crippen LogP contribution < -0.4 is 5.32 Å². The van der Waals surface area contributed by atoms with Crippen molar-refractivity contribution in [2.75, 3.05) is 13.2 Å². The monoisotopic (exact) mass is 273 g/mol. The van der Waals surface area contributed by atoms with Crippen LogP contribution in [0.15, 0.2) is 18.2 Å². The first-order valence-electron chi connectivity index (χ1n) is 8.31.